The van der Waals surface area contributed by atoms with Crippen LogP contribution in [0.25, 0.3) is 0 Å². The number of fused-ring (bicyclic) bond motifs is 1. The number of rotatable bonds is 2. The largest absolute Gasteiger partial charge is 0.395 e. The molecule has 0 fully saturated rings. The highest BCUT2D eigenvalue weighted by atomic mass is 35.5. The van der Waals surface area contributed by atoms with Gasteiger partial charge in [0.25, 0.3) is 0 Å². The van der Waals surface area contributed by atoms with Crippen molar-refractivity contribution >= 4 is 19.9 Å². The predicted molar refractivity (Wildman–Crippen MR) is 76.1 cm³/mol. The van der Waals surface area contributed by atoms with E-state index in [2.05, 4.69) is 6.07 Å². The highest BCUT2D eigenvalue weighted by Crippen LogP contribution is 2.43. The Morgan fingerprint density at radius 2 is 2.16 bits per heavy atom. The van der Waals surface area contributed by atoms with Gasteiger partial charge in [0.15, 0.2) is 13.9 Å². The van der Waals surface area contributed by atoms with Gasteiger partial charge in [0.1, 0.15) is 11.9 Å². The van der Waals surface area contributed by atoms with Crippen molar-refractivity contribution in [2.45, 2.75) is 43.5 Å². The molecule has 0 spiro atoms. The second kappa shape index (κ2) is 4.90. The number of hydrogen-bond acceptors (Lipinski definition) is 2. The van der Waals surface area contributed by atoms with Crippen molar-refractivity contribution in [1.82, 2.24) is 0 Å². The first-order valence-corrected chi connectivity index (χ1v) is 10.2. The van der Waals surface area contributed by atoms with Crippen molar-refractivity contribution in [1.29, 1.82) is 5.26 Å². The maximum Gasteiger partial charge on any atom is 0.187 e. The van der Waals surface area contributed by atoms with Crippen LogP contribution in [0, 0.1) is 17.1 Å². The minimum Gasteiger partial charge on any atom is -0.395 e. The zero-order valence-corrected chi connectivity index (χ0v) is 13.1. The molecule has 1 aliphatic carbocycles. The Kier molecular flexibility index (Phi) is 3.74. The maximum atomic E-state index is 13.9. The van der Waals surface area contributed by atoms with E-state index < -0.39 is 19.3 Å². The molecule has 102 valence electrons. The molecule has 0 bridgehead atoms. The van der Waals surface area contributed by atoms with Crippen molar-refractivity contribution < 1.29 is 8.82 Å². The standard InChI is InChI=1S/C14H17ClFNOSi/c1-19(2,3)18-14(9-17)11-5-4-6-12(16)10(11)7-8-13(14)15/h4-6,13H,7-8H2,1-3H3. The fourth-order valence-electron chi connectivity index (χ4n) is 2.56. The van der Waals surface area contributed by atoms with E-state index in [-0.39, 0.29) is 5.82 Å². The van der Waals surface area contributed by atoms with Gasteiger partial charge in [-0.15, -0.1) is 11.6 Å². The van der Waals surface area contributed by atoms with Crippen LogP contribution >= 0.6 is 11.6 Å². The molecule has 0 saturated heterocycles. The summed E-state index contributed by atoms with van der Waals surface area (Å²) in [6.07, 6.45) is 1.10. The van der Waals surface area contributed by atoms with E-state index in [9.17, 15) is 9.65 Å². The lowest BCUT2D eigenvalue weighted by Gasteiger charge is -2.41. The molecule has 0 aliphatic heterocycles. The smallest absolute Gasteiger partial charge is 0.187 e. The molecule has 0 radical (unpaired) electrons. The molecule has 0 heterocycles. The van der Waals surface area contributed by atoms with Gasteiger partial charge in [-0.3, -0.25) is 0 Å². The van der Waals surface area contributed by atoms with Crippen LogP contribution in [-0.4, -0.2) is 13.7 Å². The molecule has 2 atom stereocenters. The molecular weight excluding hydrogens is 281 g/mol. The third-order valence-electron chi connectivity index (χ3n) is 3.24. The summed E-state index contributed by atoms with van der Waals surface area (Å²) >= 11 is 6.38. The Bertz CT molecular complexity index is 537. The van der Waals surface area contributed by atoms with Gasteiger partial charge in [0.2, 0.25) is 0 Å². The lowest BCUT2D eigenvalue weighted by molar-refractivity contribution is 0.102. The second-order valence-electron chi connectivity index (χ2n) is 5.83. The van der Waals surface area contributed by atoms with Crippen molar-refractivity contribution in [3.8, 4) is 6.07 Å². The molecule has 5 heteroatoms. The SMILES string of the molecule is C[Si](C)(C)OC1(C#N)c2cccc(F)c2CCC1Cl. The van der Waals surface area contributed by atoms with Gasteiger partial charge < -0.3 is 4.43 Å². The zero-order chi connectivity index (χ0) is 14.3. The van der Waals surface area contributed by atoms with E-state index in [0.29, 0.717) is 24.0 Å². The van der Waals surface area contributed by atoms with E-state index in [1.54, 1.807) is 12.1 Å². The average Bonchev–Trinajstić information content (AvgIpc) is 2.32. The van der Waals surface area contributed by atoms with Crippen LogP contribution in [-0.2, 0) is 16.4 Å². The predicted octanol–water partition coefficient (Wildman–Crippen LogP) is 3.95. The van der Waals surface area contributed by atoms with E-state index in [4.69, 9.17) is 16.0 Å². The molecule has 0 aromatic heterocycles. The Balaban J connectivity index is 2.61. The number of nitriles is 1. The maximum absolute atomic E-state index is 13.9. The fourth-order valence-corrected chi connectivity index (χ4v) is 4.22. The van der Waals surface area contributed by atoms with Crippen LogP contribution in [0.1, 0.15) is 17.5 Å². The van der Waals surface area contributed by atoms with Gasteiger partial charge in [0, 0.05) is 5.56 Å². The number of alkyl halides is 1. The summed E-state index contributed by atoms with van der Waals surface area (Å²) in [5.41, 5.74) is -0.0512. The molecule has 19 heavy (non-hydrogen) atoms. The first-order valence-electron chi connectivity index (χ1n) is 6.33. The number of halogens is 2. The highest BCUT2D eigenvalue weighted by molar-refractivity contribution is 6.69. The van der Waals surface area contributed by atoms with Crippen LogP contribution in [0.4, 0.5) is 4.39 Å². The lowest BCUT2D eigenvalue weighted by atomic mass is 9.79. The normalized spacial score (nSPS) is 26.6. The molecule has 0 saturated carbocycles. The summed E-state index contributed by atoms with van der Waals surface area (Å²) in [7, 11) is -1.99. The average molecular weight is 298 g/mol. The fraction of sp³-hybridized carbons (Fsp3) is 0.500. The first kappa shape index (κ1) is 14.5. The van der Waals surface area contributed by atoms with Crippen molar-refractivity contribution in [2.24, 2.45) is 0 Å². The van der Waals surface area contributed by atoms with Gasteiger partial charge in [-0.05, 0) is 44.1 Å². The van der Waals surface area contributed by atoms with Crippen molar-refractivity contribution in [3.05, 3.63) is 35.1 Å². The minimum atomic E-state index is -1.99. The molecule has 2 nitrogen and oxygen atoms in total. The molecule has 2 unspecified atom stereocenters. The lowest BCUT2D eigenvalue weighted by Crippen LogP contribution is -2.48. The molecule has 1 aromatic rings. The molecule has 0 N–H and O–H groups in total. The topological polar surface area (TPSA) is 33.0 Å². The Hall–Kier alpha value is -0.893. The monoisotopic (exact) mass is 297 g/mol. The van der Waals surface area contributed by atoms with Gasteiger partial charge in [-0.2, -0.15) is 5.26 Å². The van der Waals surface area contributed by atoms with Crippen LogP contribution in [0.3, 0.4) is 0 Å². The second-order valence-corrected chi connectivity index (χ2v) is 10.8. The Labute approximate surface area is 119 Å². The van der Waals surface area contributed by atoms with Crippen molar-refractivity contribution in [2.75, 3.05) is 0 Å². The quantitative estimate of drug-likeness (QED) is 0.612. The number of hydrogen-bond donors (Lipinski definition) is 0. The van der Waals surface area contributed by atoms with Crippen LogP contribution in [0.15, 0.2) is 18.2 Å². The van der Waals surface area contributed by atoms with Crippen LogP contribution in [0.2, 0.25) is 19.6 Å². The first-order chi connectivity index (χ1) is 8.80. The summed E-state index contributed by atoms with van der Waals surface area (Å²) in [6.45, 7) is 6.01. The van der Waals surface area contributed by atoms with Crippen LogP contribution in [0.5, 0.6) is 0 Å². The number of nitrogens with zero attached hydrogens (tertiary/aromatic N) is 1. The molecular formula is C14H17ClFNOSi. The van der Waals surface area contributed by atoms with Gasteiger partial charge >= 0.3 is 0 Å². The Morgan fingerprint density at radius 3 is 2.74 bits per heavy atom. The number of benzene rings is 1. The third kappa shape index (κ3) is 2.55. The van der Waals surface area contributed by atoms with E-state index in [1.165, 1.54) is 6.07 Å². The molecule has 1 aromatic carbocycles. The van der Waals surface area contributed by atoms with E-state index in [1.807, 2.05) is 19.6 Å². The zero-order valence-electron chi connectivity index (χ0n) is 11.3. The van der Waals surface area contributed by atoms with Crippen molar-refractivity contribution in [3.63, 3.8) is 0 Å². The summed E-state index contributed by atoms with van der Waals surface area (Å²) in [5, 5.41) is 9.21. The van der Waals surface area contributed by atoms with Crippen LogP contribution < -0.4 is 0 Å². The summed E-state index contributed by atoms with van der Waals surface area (Å²) in [5.74, 6) is -0.278. The van der Waals surface area contributed by atoms with E-state index in [0.717, 1.165) is 0 Å². The third-order valence-corrected chi connectivity index (χ3v) is 4.70. The molecule has 0 amide bonds. The summed E-state index contributed by atoms with van der Waals surface area (Å²) in [4.78, 5) is 0. The van der Waals surface area contributed by atoms with Gasteiger partial charge in [-0.1, -0.05) is 12.1 Å². The van der Waals surface area contributed by atoms with Gasteiger partial charge in [-0.25, -0.2) is 4.39 Å². The van der Waals surface area contributed by atoms with Gasteiger partial charge in [0.05, 0.1) is 5.38 Å². The molecule has 2 rings (SSSR count). The summed E-state index contributed by atoms with van der Waals surface area (Å²) < 4.78 is 20.0. The molecule has 1 aliphatic rings. The highest BCUT2D eigenvalue weighted by Gasteiger charge is 2.48. The summed E-state index contributed by atoms with van der Waals surface area (Å²) in [6, 6.07) is 7.02. The minimum absolute atomic E-state index is 0.278. The Morgan fingerprint density at radius 1 is 1.47 bits per heavy atom. The van der Waals surface area contributed by atoms with E-state index >= 15 is 0 Å².